The van der Waals surface area contributed by atoms with E-state index in [2.05, 4.69) is 67.7 Å². The van der Waals surface area contributed by atoms with Gasteiger partial charge in [-0.1, -0.05) is 12.1 Å². The average molecular weight is 305 g/mol. The molecule has 2 rings (SSSR count). The molecule has 1 saturated heterocycles. The Hall–Kier alpha value is -1.10. The van der Waals surface area contributed by atoms with Gasteiger partial charge in [0.2, 0.25) is 0 Å². The number of anilines is 1. The third kappa shape index (κ3) is 5.59. The highest BCUT2D eigenvalue weighted by atomic mass is 16.5. The lowest BCUT2D eigenvalue weighted by atomic mass is 9.94. The molecule has 0 radical (unpaired) electrons. The third-order valence-electron chi connectivity index (χ3n) is 4.21. The van der Waals surface area contributed by atoms with Crippen molar-refractivity contribution in [2.24, 2.45) is 0 Å². The van der Waals surface area contributed by atoms with E-state index in [0.29, 0.717) is 6.04 Å². The smallest absolute Gasteiger partial charge is 0.0641 e. The summed E-state index contributed by atoms with van der Waals surface area (Å²) in [6, 6.07) is 9.30. The first kappa shape index (κ1) is 17.3. The zero-order chi connectivity index (χ0) is 16.0. The van der Waals surface area contributed by atoms with E-state index in [1.807, 2.05) is 0 Å². The number of rotatable bonds is 7. The monoisotopic (exact) mass is 305 g/mol. The quantitative estimate of drug-likeness (QED) is 0.759. The van der Waals surface area contributed by atoms with Crippen molar-refractivity contribution in [3.05, 3.63) is 29.8 Å². The molecule has 0 saturated carbocycles. The Balaban J connectivity index is 1.61. The number of ether oxygens (including phenoxy) is 1. The van der Waals surface area contributed by atoms with Gasteiger partial charge in [-0.2, -0.15) is 0 Å². The maximum atomic E-state index is 5.75. The van der Waals surface area contributed by atoms with Crippen LogP contribution >= 0.6 is 0 Å². The van der Waals surface area contributed by atoms with Crippen LogP contribution in [0.1, 0.15) is 32.3 Å². The van der Waals surface area contributed by atoms with Crippen molar-refractivity contribution in [3.8, 4) is 0 Å². The summed E-state index contributed by atoms with van der Waals surface area (Å²) in [5, 5.41) is 7.14. The minimum Gasteiger partial charge on any atom is -0.378 e. The van der Waals surface area contributed by atoms with Gasteiger partial charge < -0.3 is 20.3 Å². The highest BCUT2D eigenvalue weighted by Crippen LogP contribution is 2.23. The molecule has 1 aliphatic rings. The van der Waals surface area contributed by atoms with Gasteiger partial charge >= 0.3 is 0 Å². The van der Waals surface area contributed by atoms with E-state index in [1.54, 1.807) is 0 Å². The highest BCUT2D eigenvalue weighted by Gasteiger charge is 2.28. The standard InChI is InChI=1S/C18H31N3O/c1-18(2)13-16(9-12-22-18)20-11-10-19-14-15-5-7-17(8-6-15)21(3)4/h5-8,16,19-20H,9-14H2,1-4H3/t16-/m1/s1. The molecule has 124 valence electrons. The van der Waals surface area contributed by atoms with Crippen LogP contribution in [-0.2, 0) is 11.3 Å². The summed E-state index contributed by atoms with van der Waals surface area (Å²) in [6.45, 7) is 8.15. The van der Waals surface area contributed by atoms with Crippen LogP contribution in [0.15, 0.2) is 24.3 Å². The molecule has 4 nitrogen and oxygen atoms in total. The van der Waals surface area contributed by atoms with Gasteiger partial charge in [0, 0.05) is 52.1 Å². The summed E-state index contributed by atoms with van der Waals surface area (Å²) in [5.41, 5.74) is 2.60. The molecule has 0 aromatic heterocycles. The van der Waals surface area contributed by atoms with Crippen molar-refractivity contribution in [1.29, 1.82) is 0 Å². The van der Waals surface area contributed by atoms with Gasteiger partial charge in [-0.05, 0) is 44.4 Å². The molecule has 0 unspecified atom stereocenters. The second kappa shape index (κ2) is 7.95. The minimum absolute atomic E-state index is 0.0253. The van der Waals surface area contributed by atoms with Crippen LogP contribution in [0, 0.1) is 0 Å². The molecule has 0 bridgehead atoms. The molecule has 0 amide bonds. The maximum absolute atomic E-state index is 5.75. The van der Waals surface area contributed by atoms with E-state index in [-0.39, 0.29) is 5.60 Å². The maximum Gasteiger partial charge on any atom is 0.0641 e. The van der Waals surface area contributed by atoms with E-state index in [1.165, 1.54) is 11.3 Å². The minimum atomic E-state index is 0.0253. The van der Waals surface area contributed by atoms with Gasteiger partial charge in [-0.3, -0.25) is 0 Å². The molecule has 1 heterocycles. The fourth-order valence-corrected chi connectivity index (χ4v) is 2.92. The molecule has 1 atom stereocenters. The topological polar surface area (TPSA) is 36.5 Å². The predicted molar refractivity (Wildman–Crippen MR) is 93.5 cm³/mol. The Kier molecular flexibility index (Phi) is 6.24. The van der Waals surface area contributed by atoms with Crippen molar-refractivity contribution in [2.45, 2.75) is 44.9 Å². The number of nitrogens with one attached hydrogen (secondary N) is 2. The summed E-state index contributed by atoms with van der Waals surface area (Å²) >= 11 is 0. The summed E-state index contributed by atoms with van der Waals surface area (Å²) in [5.74, 6) is 0. The molecular weight excluding hydrogens is 274 g/mol. The van der Waals surface area contributed by atoms with Crippen LogP contribution < -0.4 is 15.5 Å². The number of benzene rings is 1. The Labute approximate surface area is 135 Å². The second-order valence-electron chi connectivity index (χ2n) is 6.99. The summed E-state index contributed by atoms with van der Waals surface area (Å²) in [7, 11) is 4.13. The Morgan fingerprint density at radius 1 is 1.18 bits per heavy atom. The van der Waals surface area contributed by atoms with Crippen LogP contribution in [0.4, 0.5) is 5.69 Å². The van der Waals surface area contributed by atoms with E-state index in [4.69, 9.17) is 4.74 Å². The highest BCUT2D eigenvalue weighted by molar-refractivity contribution is 5.45. The van der Waals surface area contributed by atoms with Gasteiger partial charge in [0.05, 0.1) is 5.60 Å². The van der Waals surface area contributed by atoms with Gasteiger partial charge in [0.15, 0.2) is 0 Å². The molecule has 1 fully saturated rings. The normalized spacial score (nSPS) is 20.8. The van der Waals surface area contributed by atoms with Crippen LogP contribution in [0.2, 0.25) is 0 Å². The zero-order valence-corrected chi connectivity index (χ0v) is 14.5. The molecule has 0 spiro atoms. The largest absolute Gasteiger partial charge is 0.378 e. The Morgan fingerprint density at radius 3 is 2.55 bits per heavy atom. The van der Waals surface area contributed by atoms with Crippen molar-refractivity contribution >= 4 is 5.69 Å². The molecule has 1 aromatic rings. The Morgan fingerprint density at radius 2 is 1.91 bits per heavy atom. The lowest BCUT2D eigenvalue weighted by Crippen LogP contribution is -2.45. The zero-order valence-electron chi connectivity index (χ0n) is 14.5. The average Bonchev–Trinajstić information content (AvgIpc) is 2.46. The fraction of sp³-hybridized carbons (Fsp3) is 0.667. The number of hydrogen-bond acceptors (Lipinski definition) is 4. The van der Waals surface area contributed by atoms with E-state index >= 15 is 0 Å². The summed E-state index contributed by atoms with van der Waals surface area (Å²) in [4.78, 5) is 2.12. The molecular formula is C18H31N3O. The van der Waals surface area contributed by atoms with E-state index < -0.39 is 0 Å². The van der Waals surface area contributed by atoms with E-state index in [9.17, 15) is 0 Å². The molecule has 1 aromatic carbocycles. The van der Waals surface area contributed by atoms with Crippen LogP contribution in [-0.4, -0.2) is 45.4 Å². The number of nitrogens with zero attached hydrogens (tertiary/aromatic N) is 1. The van der Waals surface area contributed by atoms with Crippen molar-refractivity contribution in [3.63, 3.8) is 0 Å². The molecule has 0 aliphatic carbocycles. The van der Waals surface area contributed by atoms with Gasteiger partial charge in [0.25, 0.3) is 0 Å². The first-order valence-corrected chi connectivity index (χ1v) is 8.31. The summed E-state index contributed by atoms with van der Waals surface area (Å²) in [6.07, 6.45) is 2.22. The number of hydrogen-bond donors (Lipinski definition) is 2. The molecule has 1 aliphatic heterocycles. The fourth-order valence-electron chi connectivity index (χ4n) is 2.92. The van der Waals surface area contributed by atoms with Gasteiger partial charge in [0.1, 0.15) is 0 Å². The van der Waals surface area contributed by atoms with Gasteiger partial charge in [-0.15, -0.1) is 0 Å². The van der Waals surface area contributed by atoms with E-state index in [0.717, 1.165) is 39.1 Å². The van der Waals surface area contributed by atoms with Crippen molar-refractivity contribution in [1.82, 2.24) is 10.6 Å². The van der Waals surface area contributed by atoms with Crippen LogP contribution in [0.25, 0.3) is 0 Å². The Bertz CT molecular complexity index is 442. The molecule has 2 N–H and O–H groups in total. The molecule has 4 heteroatoms. The van der Waals surface area contributed by atoms with Crippen LogP contribution in [0.5, 0.6) is 0 Å². The predicted octanol–water partition coefficient (Wildman–Crippen LogP) is 2.39. The SMILES string of the molecule is CN(C)c1ccc(CNCCN[C@@H]2CCOC(C)(C)C2)cc1. The lowest BCUT2D eigenvalue weighted by Gasteiger charge is -2.36. The van der Waals surface area contributed by atoms with Gasteiger partial charge in [-0.25, -0.2) is 0 Å². The summed E-state index contributed by atoms with van der Waals surface area (Å²) < 4.78 is 5.75. The van der Waals surface area contributed by atoms with Crippen molar-refractivity contribution in [2.75, 3.05) is 38.7 Å². The van der Waals surface area contributed by atoms with Crippen molar-refractivity contribution < 1.29 is 4.74 Å². The first-order valence-electron chi connectivity index (χ1n) is 8.31. The molecule has 22 heavy (non-hydrogen) atoms. The lowest BCUT2D eigenvalue weighted by molar-refractivity contribution is -0.0627. The van der Waals surface area contributed by atoms with Crippen LogP contribution in [0.3, 0.4) is 0 Å². The third-order valence-corrected chi connectivity index (χ3v) is 4.21. The second-order valence-corrected chi connectivity index (χ2v) is 6.99. The first-order chi connectivity index (χ1) is 10.5.